The Morgan fingerprint density at radius 1 is 0.970 bits per heavy atom. The molecule has 0 radical (unpaired) electrons. The van der Waals surface area contributed by atoms with Crippen LogP contribution in [0.3, 0.4) is 0 Å². The number of fused-ring (bicyclic) bond motifs is 1. The summed E-state index contributed by atoms with van der Waals surface area (Å²) >= 11 is 0. The molecule has 2 fully saturated rings. The van der Waals surface area contributed by atoms with Gasteiger partial charge in [0.05, 0.1) is 18.2 Å². The Kier molecular flexibility index (Phi) is 5.96. The number of aliphatic hydroxyl groups excluding tert-OH is 1. The predicted octanol–water partition coefficient (Wildman–Crippen LogP) is 5.33. The lowest BCUT2D eigenvalue weighted by Gasteiger charge is -2.31. The lowest BCUT2D eigenvalue weighted by molar-refractivity contribution is -0.141. The van der Waals surface area contributed by atoms with Crippen molar-refractivity contribution in [3.63, 3.8) is 0 Å². The van der Waals surface area contributed by atoms with Crippen LogP contribution in [0.15, 0.2) is 48.0 Å². The number of amides is 1. The summed E-state index contributed by atoms with van der Waals surface area (Å²) in [7, 11) is 0. The average Bonchev–Trinajstić information content (AvgIpc) is 3.46. The van der Waals surface area contributed by atoms with E-state index in [1.54, 1.807) is 4.90 Å². The normalized spacial score (nSPS) is 22.6. The lowest BCUT2D eigenvalue weighted by Crippen LogP contribution is -2.37. The molecule has 5 rings (SSSR count). The first-order valence-electron chi connectivity index (χ1n) is 12.2. The molecule has 3 aliphatic rings. The maximum absolute atomic E-state index is 13.3. The first kappa shape index (κ1) is 21.7. The van der Waals surface area contributed by atoms with Gasteiger partial charge in [0.15, 0.2) is 0 Å². The van der Waals surface area contributed by atoms with Crippen LogP contribution in [0.5, 0.6) is 5.75 Å². The summed E-state index contributed by atoms with van der Waals surface area (Å²) in [6, 6.07) is 12.9. The van der Waals surface area contributed by atoms with Crippen molar-refractivity contribution in [2.45, 2.75) is 70.4 Å². The molecule has 5 heteroatoms. The van der Waals surface area contributed by atoms with Gasteiger partial charge in [0.2, 0.25) is 0 Å². The summed E-state index contributed by atoms with van der Waals surface area (Å²) in [4.78, 5) is 28.3. The van der Waals surface area contributed by atoms with Gasteiger partial charge in [-0.3, -0.25) is 9.59 Å². The Hall–Kier alpha value is -3.08. The van der Waals surface area contributed by atoms with E-state index >= 15 is 0 Å². The zero-order valence-electron chi connectivity index (χ0n) is 19.2. The van der Waals surface area contributed by atoms with E-state index in [1.807, 2.05) is 43.3 Å². The Morgan fingerprint density at radius 2 is 1.67 bits per heavy atom. The van der Waals surface area contributed by atoms with E-state index in [1.165, 1.54) is 17.5 Å². The lowest BCUT2D eigenvalue weighted by atomic mass is 9.88. The predicted molar refractivity (Wildman–Crippen MR) is 127 cm³/mol. The standard InChI is InChI=1S/C28H31NO4/c1-2-33-23-15-13-19(14-16-23)25-24(27(31)28(32)29(25)22-9-5-6-10-22)26(30)21-12-11-18-7-3-4-8-20(18)17-21/h11-17,22,25,30H,2-10H2,1H3/b26-24-. The van der Waals surface area contributed by atoms with Crippen molar-refractivity contribution >= 4 is 17.4 Å². The molecule has 1 heterocycles. The van der Waals surface area contributed by atoms with Gasteiger partial charge in [0, 0.05) is 11.6 Å². The molecule has 172 valence electrons. The second-order valence-corrected chi connectivity index (χ2v) is 9.34. The molecule has 1 amide bonds. The van der Waals surface area contributed by atoms with E-state index in [4.69, 9.17) is 4.74 Å². The van der Waals surface area contributed by atoms with Crippen LogP contribution in [0, 0.1) is 0 Å². The van der Waals surface area contributed by atoms with Crippen LogP contribution >= 0.6 is 0 Å². The molecule has 33 heavy (non-hydrogen) atoms. The molecule has 1 aliphatic heterocycles. The summed E-state index contributed by atoms with van der Waals surface area (Å²) in [5, 5.41) is 11.4. The van der Waals surface area contributed by atoms with Gasteiger partial charge in [-0.05, 0) is 80.3 Å². The highest BCUT2D eigenvalue weighted by atomic mass is 16.5. The highest BCUT2D eigenvalue weighted by Crippen LogP contribution is 2.44. The number of likely N-dealkylation sites (tertiary alicyclic amines) is 1. The number of nitrogens with zero attached hydrogens (tertiary/aromatic N) is 1. The minimum Gasteiger partial charge on any atom is -0.507 e. The molecule has 2 aromatic carbocycles. The fraction of sp³-hybridized carbons (Fsp3) is 0.429. The first-order chi connectivity index (χ1) is 16.1. The SMILES string of the molecule is CCOc1ccc(C2/C(=C(/O)c3ccc4c(c3)CCCC4)C(=O)C(=O)N2C2CCCC2)cc1. The molecule has 1 unspecified atom stereocenters. The fourth-order valence-corrected chi connectivity index (χ4v) is 5.69. The van der Waals surface area contributed by atoms with Gasteiger partial charge in [-0.15, -0.1) is 0 Å². The molecule has 0 bridgehead atoms. The monoisotopic (exact) mass is 445 g/mol. The third kappa shape index (κ3) is 3.94. The number of aryl methyl sites for hydroxylation is 2. The summed E-state index contributed by atoms with van der Waals surface area (Å²) in [6.45, 7) is 2.50. The van der Waals surface area contributed by atoms with Crippen molar-refractivity contribution in [3.8, 4) is 5.75 Å². The maximum Gasteiger partial charge on any atom is 0.295 e. The smallest absolute Gasteiger partial charge is 0.295 e. The highest BCUT2D eigenvalue weighted by Gasteiger charge is 2.49. The number of rotatable bonds is 5. The van der Waals surface area contributed by atoms with Crippen LogP contribution in [0.2, 0.25) is 0 Å². The summed E-state index contributed by atoms with van der Waals surface area (Å²) in [6.07, 6.45) is 8.23. The minimum absolute atomic E-state index is 0.0202. The van der Waals surface area contributed by atoms with Crippen LogP contribution in [0.1, 0.15) is 73.7 Å². The second kappa shape index (κ2) is 9.05. The van der Waals surface area contributed by atoms with E-state index in [0.717, 1.165) is 56.3 Å². The van der Waals surface area contributed by atoms with Crippen LogP contribution < -0.4 is 4.74 Å². The van der Waals surface area contributed by atoms with Crippen molar-refractivity contribution in [3.05, 3.63) is 70.3 Å². The topological polar surface area (TPSA) is 66.8 Å². The average molecular weight is 446 g/mol. The molecule has 2 aromatic rings. The van der Waals surface area contributed by atoms with Crippen molar-refractivity contribution in [1.29, 1.82) is 0 Å². The molecule has 1 saturated carbocycles. The molecule has 0 aromatic heterocycles. The molecule has 0 spiro atoms. The number of Topliss-reactive ketones (excluding diaryl/α,β-unsaturated/α-hetero) is 1. The largest absolute Gasteiger partial charge is 0.507 e. The van der Waals surface area contributed by atoms with E-state index in [9.17, 15) is 14.7 Å². The number of aliphatic hydroxyl groups is 1. The zero-order chi connectivity index (χ0) is 22.9. The maximum atomic E-state index is 13.3. The molecule has 1 atom stereocenters. The van der Waals surface area contributed by atoms with Gasteiger partial charge in [-0.2, -0.15) is 0 Å². The van der Waals surface area contributed by atoms with Crippen LogP contribution in [-0.4, -0.2) is 34.3 Å². The van der Waals surface area contributed by atoms with Crippen LogP contribution in [0.4, 0.5) is 0 Å². The number of hydrogen-bond acceptors (Lipinski definition) is 4. The third-order valence-corrected chi connectivity index (χ3v) is 7.33. The number of hydrogen-bond donors (Lipinski definition) is 1. The van der Waals surface area contributed by atoms with Gasteiger partial charge in [0.25, 0.3) is 11.7 Å². The Labute approximate surface area is 195 Å². The number of ether oxygens (including phenoxy) is 1. The quantitative estimate of drug-likeness (QED) is 0.384. The molecule has 5 nitrogen and oxygen atoms in total. The van der Waals surface area contributed by atoms with Crippen molar-refractivity contribution in [2.75, 3.05) is 6.61 Å². The number of benzene rings is 2. The van der Waals surface area contributed by atoms with E-state index in [0.29, 0.717) is 12.2 Å². The van der Waals surface area contributed by atoms with E-state index in [2.05, 4.69) is 6.07 Å². The molecular weight excluding hydrogens is 414 g/mol. The van der Waals surface area contributed by atoms with Gasteiger partial charge >= 0.3 is 0 Å². The first-order valence-corrected chi connectivity index (χ1v) is 12.2. The Balaban J connectivity index is 1.61. The fourth-order valence-electron chi connectivity index (χ4n) is 5.69. The third-order valence-electron chi connectivity index (χ3n) is 7.33. The van der Waals surface area contributed by atoms with Crippen LogP contribution in [0.25, 0.3) is 5.76 Å². The summed E-state index contributed by atoms with van der Waals surface area (Å²) in [5.74, 6) is -0.411. The van der Waals surface area contributed by atoms with E-state index in [-0.39, 0.29) is 17.4 Å². The van der Waals surface area contributed by atoms with Gasteiger partial charge in [-0.25, -0.2) is 0 Å². The van der Waals surface area contributed by atoms with Gasteiger partial charge < -0.3 is 14.7 Å². The number of carbonyl (C=O) groups is 2. The molecule has 2 aliphatic carbocycles. The Bertz CT molecular complexity index is 1100. The van der Waals surface area contributed by atoms with Crippen molar-refractivity contribution < 1.29 is 19.4 Å². The Morgan fingerprint density at radius 3 is 2.36 bits per heavy atom. The zero-order valence-corrected chi connectivity index (χ0v) is 19.2. The van der Waals surface area contributed by atoms with Crippen molar-refractivity contribution in [1.82, 2.24) is 4.90 Å². The number of carbonyl (C=O) groups excluding carboxylic acids is 2. The van der Waals surface area contributed by atoms with Crippen molar-refractivity contribution in [2.24, 2.45) is 0 Å². The summed E-state index contributed by atoms with van der Waals surface area (Å²) in [5.41, 5.74) is 4.19. The highest BCUT2D eigenvalue weighted by molar-refractivity contribution is 6.46. The molecule has 1 saturated heterocycles. The second-order valence-electron chi connectivity index (χ2n) is 9.34. The number of ketones is 1. The van der Waals surface area contributed by atoms with E-state index < -0.39 is 17.7 Å². The molecule has 1 N–H and O–H groups in total. The minimum atomic E-state index is -0.587. The van der Waals surface area contributed by atoms with Gasteiger partial charge in [-0.1, -0.05) is 37.1 Å². The van der Waals surface area contributed by atoms with Crippen LogP contribution in [-0.2, 0) is 22.4 Å². The molecular formula is C28H31NO4. The van der Waals surface area contributed by atoms with Gasteiger partial charge in [0.1, 0.15) is 11.5 Å². The summed E-state index contributed by atoms with van der Waals surface area (Å²) < 4.78 is 5.58.